The molecule has 0 N–H and O–H groups in total. The maximum atomic E-state index is 12.9. The lowest BCUT2D eigenvalue weighted by Gasteiger charge is -2.35. The molecular weight excluding hydrogens is 410 g/mol. The van der Waals surface area contributed by atoms with Gasteiger partial charge in [0.2, 0.25) is 5.76 Å². The van der Waals surface area contributed by atoms with Gasteiger partial charge in [-0.15, -0.1) is 0 Å². The van der Waals surface area contributed by atoms with E-state index in [-0.39, 0.29) is 11.6 Å². The summed E-state index contributed by atoms with van der Waals surface area (Å²) in [6.07, 6.45) is 1.55. The van der Waals surface area contributed by atoms with Gasteiger partial charge in [-0.1, -0.05) is 5.16 Å². The Morgan fingerprint density at radius 1 is 0.969 bits per heavy atom. The number of aromatic nitrogens is 5. The Hall–Kier alpha value is -3.95. The minimum atomic E-state index is -0.159. The van der Waals surface area contributed by atoms with E-state index < -0.39 is 0 Å². The molecule has 1 aliphatic rings. The van der Waals surface area contributed by atoms with Gasteiger partial charge in [0.15, 0.2) is 17.3 Å². The number of aryl methyl sites for hydroxylation is 3. The van der Waals surface area contributed by atoms with Gasteiger partial charge in [0.05, 0.1) is 12.0 Å². The summed E-state index contributed by atoms with van der Waals surface area (Å²) >= 11 is 0. The van der Waals surface area contributed by atoms with Crippen LogP contribution in [0.3, 0.4) is 0 Å². The van der Waals surface area contributed by atoms with Crippen LogP contribution in [0.1, 0.15) is 27.7 Å². The largest absolute Gasteiger partial charge is 0.461 e. The summed E-state index contributed by atoms with van der Waals surface area (Å²) in [5, 5.41) is 8.45. The lowest BCUT2D eigenvalue weighted by Crippen LogP contribution is -2.49. The fourth-order valence-corrected chi connectivity index (χ4v) is 3.88. The Bertz CT molecular complexity index is 1250. The predicted octanol–water partition coefficient (Wildman–Crippen LogP) is 2.80. The van der Waals surface area contributed by atoms with E-state index in [9.17, 15) is 4.79 Å². The Morgan fingerprint density at radius 2 is 1.75 bits per heavy atom. The summed E-state index contributed by atoms with van der Waals surface area (Å²) in [5.74, 6) is 3.06. The third-order valence-corrected chi connectivity index (χ3v) is 5.42. The summed E-state index contributed by atoms with van der Waals surface area (Å²) in [5.41, 5.74) is 2.23. The molecule has 5 heterocycles. The van der Waals surface area contributed by atoms with Gasteiger partial charge >= 0.3 is 0 Å². The molecule has 0 unspecified atom stereocenters. The lowest BCUT2D eigenvalue weighted by atomic mass is 10.2. The van der Waals surface area contributed by atoms with Crippen LogP contribution < -0.4 is 4.90 Å². The van der Waals surface area contributed by atoms with Crippen LogP contribution in [0.15, 0.2) is 45.5 Å². The van der Waals surface area contributed by atoms with Crippen molar-refractivity contribution in [1.29, 1.82) is 0 Å². The van der Waals surface area contributed by atoms with Gasteiger partial charge in [-0.3, -0.25) is 4.79 Å². The number of hydrogen-bond donors (Lipinski definition) is 0. The van der Waals surface area contributed by atoms with E-state index in [0.717, 1.165) is 23.0 Å². The van der Waals surface area contributed by atoms with Crippen LogP contribution >= 0.6 is 0 Å². The molecule has 164 valence electrons. The van der Waals surface area contributed by atoms with Crippen LogP contribution in [0.2, 0.25) is 0 Å². The van der Waals surface area contributed by atoms with Crippen molar-refractivity contribution < 1.29 is 13.7 Å². The van der Waals surface area contributed by atoms with Crippen LogP contribution in [0.25, 0.3) is 17.3 Å². The molecule has 4 aromatic rings. The van der Waals surface area contributed by atoms with E-state index in [2.05, 4.69) is 25.1 Å². The maximum absolute atomic E-state index is 12.9. The average Bonchev–Trinajstić information content (AvgIpc) is 3.54. The molecule has 32 heavy (non-hydrogen) atoms. The molecule has 0 bridgehead atoms. The second kappa shape index (κ2) is 7.95. The first-order valence-corrected chi connectivity index (χ1v) is 10.4. The molecule has 0 spiro atoms. The van der Waals surface area contributed by atoms with Crippen molar-refractivity contribution in [1.82, 2.24) is 29.8 Å². The highest BCUT2D eigenvalue weighted by molar-refractivity contribution is 5.93. The monoisotopic (exact) mass is 433 g/mol. The number of amides is 1. The lowest BCUT2D eigenvalue weighted by molar-refractivity contribution is 0.0736. The van der Waals surface area contributed by atoms with Crippen molar-refractivity contribution in [3.05, 3.63) is 59.5 Å². The highest BCUT2D eigenvalue weighted by Crippen LogP contribution is 2.23. The van der Waals surface area contributed by atoms with Crippen molar-refractivity contribution in [2.24, 2.45) is 0 Å². The fourth-order valence-electron chi connectivity index (χ4n) is 3.88. The zero-order valence-electron chi connectivity index (χ0n) is 18.1. The molecule has 0 aliphatic carbocycles. The quantitative estimate of drug-likeness (QED) is 0.484. The number of hydrogen-bond acceptors (Lipinski definition) is 8. The van der Waals surface area contributed by atoms with Crippen molar-refractivity contribution in [3.63, 3.8) is 0 Å². The third-order valence-electron chi connectivity index (χ3n) is 5.42. The van der Waals surface area contributed by atoms with E-state index in [1.54, 1.807) is 29.4 Å². The molecule has 0 aromatic carbocycles. The summed E-state index contributed by atoms with van der Waals surface area (Å²) in [6, 6.07) is 9.09. The fraction of sp³-hybridized carbons (Fsp3) is 0.318. The van der Waals surface area contributed by atoms with Crippen molar-refractivity contribution in [3.8, 4) is 17.3 Å². The number of carbonyl (C=O) groups excluding carboxylic acids is 1. The highest BCUT2D eigenvalue weighted by Gasteiger charge is 2.26. The molecule has 1 saturated heterocycles. The topological polar surface area (TPSA) is 106 Å². The van der Waals surface area contributed by atoms with E-state index >= 15 is 0 Å². The van der Waals surface area contributed by atoms with Gasteiger partial charge < -0.3 is 18.7 Å². The summed E-state index contributed by atoms with van der Waals surface area (Å²) in [4.78, 5) is 26.0. The molecule has 0 radical (unpaired) electrons. The highest BCUT2D eigenvalue weighted by atomic mass is 16.5. The number of piperazine rings is 1. The molecule has 0 atom stereocenters. The SMILES string of the molecule is Cc1cc(C)n(-c2cc(N3CCN(C(=O)c4cc(-c5ccco5)on4)CC3)nc(C)n2)n1. The third kappa shape index (κ3) is 3.75. The first-order chi connectivity index (χ1) is 15.5. The Balaban J connectivity index is 1.29. The van der Waals surface area contributed by atoms with Crippen molar-refractivity contribution in [2.75, 3.05) is 31.1 Å². The van der Waals surface area contributed by atoms with Crippen molar-refractivity contribution >= 4 is 11.7 Å². The van der Waals surface area contributed by atoms with E-state index in [1.807, 2.05) is 37.6 Å². The predicted molar refractivity (Wildman–Crippen MR) is 116 cm³/mol. The van der Waals surface area contributed by atoms with Gasteiger partial charge in [0.1, 0.15) is 11.6 Å². The summed E-state index contributed by atoms with van der Waals surface area (Å²) < 4.78 is 12.4. The second-order valence-corrected chi connectivity index (χ2v) is 7.80. The van der Waals surface area contributed by atoms with E-state index in [1.165, 1.54) is 0 Å². The smallest absolute Gasteiger partial charge is 0.276 e. The number of nitrogens with zero attached hydrogens (tertiary/aromatic N) is 7. The van der Waals surface area contributed by atoms with Crippen LogP contribution in [0.4, 0.5) is 5.82 Å². The van der Waals surface area contributed by atoms with Gasteiger partial charge in [-0.05, 0) is 39.0 Å². The normalized spacial score (nSPS) is 14.2. The Kier molecular flexibility index (Phi) is 4.96. The summed E-state index contributed by atoms with van der Waals surface area (Å²) in [7, 11) is 0. The maximum Gasteiger partial charge on any atom is 0.276 e. The molecular formula is C22H23N7O3. The van der Waals surface area contributed by atoms with E-state index in [4.69, 9.17) is 8.94 Å². The molecule has 1 fully saturated rings. The van der Waals surface area contributed by atoms with Gasteiger partial charge in [0.25, 0.3) is 5.91 Å². The standard InChI is InChI=1S/C22H23N7O3/c1-14-11-15(2)29(25-14)21-13-20(23-16(3)24-21)27-6-8-28(9-7-27)22(30)17-12-19(32-26-17)18-5-4-10-31-18/h4-5,10-13H,6-9H2,1-3H3. The van der Waals surface area contributed by atoms with Crippen molar-refractivity contribution in [2.45, 2.75) is 20.8 Å². The molecule has 4 aromatic heterocycles. The first-order valence-electron chi connectivity index (χ1n) is 10.4. The average molecular weight is 433 g/mol. The Labute approximate surface area is 184 Å². The van der Waals surface area contributed by atoms with Gasteiger partial charge in [-0.2, -0.15) is 5.10 Å². The zero-order chi connectivity index (χ0) is 22.2. The Morgan fingerprint density at radius 3 is 2.44 bits per heavy atom. The molecule has 1 amide bonds. The minimum Gasteiger partial charge on any atom is -0.461 e. The molecule has 1 aliphatic heterocycles. The summed E-state index contributed by atoms with van der Waals surface area (Å²) in [6.45, 7) is 8.26. The van der Waals surface area contributed by atoms with Crippen LogP contribution in [-0.4, -0.2) is 61.9 Å². The number of rotatable bonds is 4. The number of furan rings is 1. The van der Waals surface area contributed by atoms with Crippen LogP contribution in [0, 0.1) is 20.8 Å². The van der Waals surface area contributed by atoms with Gasteiger partial charge in [-0.25, -0.2) is 14.6 Å². The molecule has 5 rings (SSSR count). The zero-order valence-corrected chi connectivity index (χ0v) is 18.1. The molecule has 10 heteroatoms. The number of anilines is 1. The minimum absolute atomic E-state index is 0.159. The first kappa shape index (κ1) is 20.0. The molecule has 10 nitrogen and oxygen atoms in total. The van der Waals surface area contributed by atoms with Crippen LogP contribution in [-0.2, 0) is 0 Å². The molecule has 0 saturated carbocycles. The number of carbonyl (C=O) groups is 1. The van der Waals surface area contributed by atoms with Gasteiger partial charge in [0, 0.05) is 44.0 Å². The second-order valence-electron chi connectivity index (χ2n) is 7.80. The van der Waals surface area contributed by atoms with E-state index in [0.29, 0.717) is 43.5 Å². The van der Waals surface area contributed by atoms with Crippen LogP contribution in [0.5, 0.6) is 0 Å².